The Hall–Kier alpha value is -1.67. The first-order valence-electron chi connectivity index (χ1n) is 6.75. The van der Waals surface area contributed by atoms with Crippen molar-refractivity contribution in [1.29, 1.82) is 0 Å². The molecule has 1 aromatic rings. The van der Waals surface area contributed by atoms with Crippen molar-refractivity contribution in [3.05, 3.63) is 11.6 Å². The highest BCUT2D eigenvalue weighted by molar-refractivity contribution is 7.13. The normalized spacial score (nSPS) is 13.3. The van der Waals surface area contributed by atoms with Crippen LogP contribution in [-0.4, -0.2) is 42.8 Å². The van der Waals surface area contributed by atoms with Crippen molar-refractivity contribution in [2.45, 2.75) is 38.8 Å². The minimum Gasteiger partial charge on any atom is -0.450 e. The van der Waals surface area contributed by atoms with Crippen molar-refractivity contribution in [2.24, 2.45) is 0 Å². The molecule has 0 bridgehead atoms. The number of thiazole rings is 1. The highest BCUT2D eigenvalue weighted by atomic mass is 32.1. The highest BCUT2D eigenvalue weighted by Gasteiger charge is 2.28. The van der Waals surface area contributed by atoms with Gasteiger partial charge in [0.05, 0.1) is 12.7 Å². The molecule has 2 atom stereocenters. The van der Waals surface area contributed by atoms with Gasteiger partial charge in [-0.1, -0.05) is 13.3 Å². The predicted octanol–water partition coefficient (Wildman–Crippen LogP) is 2.01. The number of hydrogen-bond donors (Lipinski definition) is 2. The third kappa shape index (κ3) is 6.09. The monoisotopic (exact) mass is 315 g/mol. The Balaban J connectivity index is 2.58. The summed E-state index contributed by atoms with van der Waals surface area (Å²) in [5.74, 6) is -0.397. The first-order chi connectivity index (χ1) is 10.1. The van der Waals surface area contributed by atoms with Gasteiger partial charge in [-0.3, -0.25) is 4.79 Å². The Kier molecular flexibility index (Phi) is 7.70. The Bertz CT molecular complexity index is 439. The van der Waals surface area contributed by atoms with Crippen LogP contribution >= 0.6 is 11.3 Å². The number of nitrogens with one attached hydrogen (secondary N) is 2. The van der Waals surface area contributed by atoms with Crippen LogP contribution in [-0.2, 0) is 14.3 Å². The lowest BCUT2D eigenvalue weighted by atomic mass is 10.1. The van der Waals surface area contributed by atoms with Crippen LogP contribution in [0.5, 0.6) is 0 Å². The number of carbonyl (C=O) groups excluding carboxylic acids is 2. The Morgan fingerprint density at radius 2 is 2.24 bits per heavy atom. The molecule has 0 aliphatic rings. The molecule has 0 aromatic carbocycles. The number of alkyl carbamates (subject to hydrolysis) is 1. The summed E-state index contributed by atoms with van der Waals surface area (Å²) in [7, 11) is 1.47. The predicted molar refractivity (Wildman–Crippen MR) is 80.4 cm³/mol. The van der Waals surface area contributed by atoms with E-state index in [9.17, 15) is 9.59 Å². The zero-order valence-corrected chi connectivity index (χ0v) is 13.2. The molecule has 21 heavy (non-hydrogen) atoms. The molecule has 0 radical (unpaired) electrons. The minimum absolute atomic E-state index is 0.324. The van der Waals surface area contributed by atoms with Gasteiger partial charge in [0, 0.05) is 18.7 Å². The molecule has 7 nitrogen and oxygen atoms in total. The average Bonchev–Trinajstić information content (AvgIpc) is 2.97. The van der Waals surface area contributed by atoms with Gasteiger partial charge in [0.15, 0.2) is 5.13 Å². The van der Waals surface area contributed by atoms with Crippen molar-refractivity contribution >= 4 is 28.5 Å². The van der Waals surface area contributed by atoms with Crippen molar-refractivity contribution in [3.63, 3.8) is 0 Å². The number of aromatic nitrogens is 1. The van der Waals surface area contributed by atoms with E-state index < -0.39 is 24.1 Å². The zero-order chi connectivity index (χ0) is 15.7. The highest BCUT2D eigenvalue weighted by Crippen LogP contribution is 2.11. The van der Waals surface area contributed by atoms with E-state index in [4.69, 9.17) is 9.47 Å². The Morgan fingerprint density at radius 1 is 1.48 bits per heavy atom. The molecular formula is C13H21N3O4S. The second kappa shape index (κ2) is 9.30. The lowest BCUT2D eigenvalue weighted by Gasteiger charge is -2.22. The number of carbonyl (C=O) groups is 2. The van der Waals surface area contributed by atoms with Crippen LogP contribution < -0.4 is 10.6 Å². The van der Waals surface area contributed by atoms with Gasteiger partial charge < -0.3 is 20.1 Å². The molecule has 1 rings (SSSR count). The summed E-state index contributed by atoms with van der Waals surface area (Å²) in [5, 5.41) is 7.36. The summed E-state index contributed by atoms with van der Waals surface area (Å²) in [6, 6.07) is -0.854. The van der Waals surface area contributed by atoms with Crippen molar-refractivity contribution in [1.82, 2.24) is 10.3 Å². The molecule has 0 spiro atoms. The molecule has 0 fully saturated rings. The van der Waals surface area contributed by atoms with Crippen molar-refractivity contribution < 1.29 is 19.1 Å². The molecule has 0 saturated heterocycles. The molecule has 0 saturated carbocycles. The summed E-state index contributed by atoms with van der Waals surface area (Å²) in [5.41, 5.74) is 0. The number of amides is 2. The molecule has 118 valence electrons. The van der Waals surface area contributed by atoms with E-state index in [2.05, 4.69) is 15.6 Å². The Morgan fingerprint density at radius 3 is 2.81 bits per heavy atom. The fourth-order valence-electron chi connectivity index (χ4n) is 1.48. The van der Waals surface area contributed by atoms with Gasteiger partial charge in [-0.25, -0.2) is 9.78 Å². The first kappa shape index (κ1) is 17.4. The van der Waals surface area contributed by atoms with Crippen LogP contribution in [0.1, 0.15) is 26.7 Å². The van der Waals surface area contributed by atoms with Crippen LogP contribution in [0.3, 0.4) is 0 Å². The quantitative estimate of drug-likeness (QED) is 0.716. The number of anilines is 1. The maximum atomic E-state index is 12.2. The fourth-order valence-corrected chi connectivity index (χ4v) is 2.01. The minimum atomic E-state index is -0.854. The molecule has 2 amide bonds. The average molecular weight is 315 g/mol. The van der Waals surface area contributed by atoms with E-state index in [1.165, 1.54) is 18.4 Å². The van der Waals surface area contributed by atoms with Crippen LogP contribution in [0.15, 0.2) is 11.6 Å². The zero-order valence-electron chi connectivity index (χ0n) is 12.4. The van der Waals surface area contributed by atoms with Gasteiger partial charge in [-0.15, -0.1) is 11.3 Å². The van der Waals surface area contributed by atoms with Gasteiger partial charge >= 0.3 is 6.09 Å². The maximum Gasteiger partial charge on any atom is 0.407 e. The van der Waals surface area contributed by atoms with E-state index >= 15 is 0 Å². The summed E-state index contributed by atoms with van der Waals surface area (Å²) in [4.78, 5) is 27.8. The second-order valence-electron chi connectivity index (χ2n) is 4.38. The smallest absolute Gasteiger partial charge is 0.407 e. The van der Waals surface area contributed by atoms with E-state index in [1.54, 1.807) is 18.5 Å². The number of ether oxygens (including phenoxy) is 2. The van der Waals surface area contributed by atoms with Gasteiger partial charge in [0.2, 0.25) is 0 Å². The second-order valence-corrected chi connectivity index (χ2v) is 5.27. The van der Waals surface area contributed by atoms with Crippen LogP contribution in [0.4, 0.5) is 9.93 Å². The Labute approximate surface area is 128 Å². The fraction of sp³-hybridized carbons (Fsp3) is 0.615. The summed E-state index contributed by atoms with van der Waals surface area (Å²) >= 11 is 1.30. The van der Waals surface area contributed by atoms with E-state index in [0.717, 1.165) is 12.8 Å². The number of nitrogens with zero attached hydrogens (tertiary/aromatic N) is 1. The standard InChI is InChI=1S/C13H21N3O4S/c1-4-5-7-20-13(18)15-10(9(2)19-3)11(17)16-12-14-6-8-21-12/h6,8-10H,4-5,7H2,1-3H3,(H,15,18)(H,14,16,17). The van der Waals surface area contributed by atoms with Crippen LogP contribution in [0.2, 0.25) is 0 Å². The third-order valence-corrected chi connectivity index (χ3v) is 3.48. The van der Waals surface area contributed by atoms with Gasteiger partial charge in [0.25, 0.3) is 5.91 Å². The van der Waals surface area contributed by atoms with Gasteiger partial charge in [0.1, 0.15) is 6.04 Å². The number of unbranched alkanes of at least 4 members (excludes halogenated alkanes) is 1. The molecular weight excluding hydrogens is 294 g/mol. The number of rotatable bonds is 8. The van der Waals surface area contributed by atoms with Crippen LogP contribution in [0, 0.1) is 0 Å². The third-order valence-electron chi connectivity index (χ3n) is 2.79. The summed E-state index contributed by atoms with van der Waals surface area (Å²) in [6.07, 6.45) is 2.16. The number of hydrogen-bond acceptors (Lipinski definition) is 6. The molecule has 0 aliphatic carbocycles. The number of methoxy groups -OCH3 is 1. The molecule has 1 aromatic heterocycles. The van der Waals surface area contributed by atoms with Crippen molar-refractivity contribution in [3.8, 4) is 0 Å². The summed E-state index contributed by atoms with van der Waals surface area (Å²) < 4.78 is 10.1. The molecule has 2 N–H and O–H groups in total. The SMILES string of the molecule is CCCCOC(=O)NC(C(=O)Nc1nccs1)C(C)OC. The van der Waals surface area contributed by atoms with E-state index in [1.807, 2.05) is 6.92 Å². The van der Waals surface area contributed by atoms with E-state index in [0.29, 0.717) is 11.7 Å². The van der Waals surface area contributed by atoms with Crippen molar-refractivity contribution in [2.75, 3.05) is 19.0 Å². The maximum absolute atomic E-state index is 12.2. The largest absolute Gasteiger partial charge is 0.450 e. The topological polar surface area (TPSA) is 89.5 Å². The molecule has 0 aliphatic heterocycles. The molecule has 2 unspecified atom stereocenters. The first-order valence-corrected chi connectivity index (χ1v) is 7.62. The lowest BCUT2D eigenvalue weighted by molar-refractivity contribution is -0.121. The molecule has 1 heterocycles. The van der Waals surface area contributed by atoms with Gasteiger partial charge in [-0.05, 0) is 13.3 Å². The van der Waals surface area contributed by atoms with Crippen LogP contribution in [0.25, 0.3) is 0 Å². The van der Waals surface area contributed by atoms with E-state index in [-0.39, 0.29) is 0 Å². The molecule has 8 heteroatoms. The summed E-state index contributed by atoms with van der Waals surface area (Å²) in [6.45, 7) is 4.02. The lowest BCUT2D eigenvalue weighted by Crippen LogP contribution is -2.50. The van der Waals surface area contributed by atoms with Gasteiger partial charge in [-0.2, -0.15) is 0 Å².